The van der Waals surface area contributed by atoms with Crippen molar-refractivity contribution in [1.29, 1.82) is 0 Å². The first-order valence-corrected chi connectivity index (χ1v) is 9.56. The summed E-state index contributed by atoms with van der Waals surface area (Å²) in [5.74, 6) is 0.169. The third-order valence-corrected chi connectivity index (χ3v) is 6.28. The summed E-state index contributed by atoms with van der Waals surface area (Å²) in [4.78, 5) is 19.7. The van der Waals surface area contributed by atoms with E-state index in [9.17, 15) is 4.79 Å². The number of carbonyl (C=O) groups excluding carboxylic acids is 1. The molecule has 2 aromatic carbocycles. The van der Waals surface area contributed by atoms with E-state index in [-0.39, 0.29) is 17.2 Å². The fourth-order valence-corrected chi connectivity index (χ4v) is 5.02. The minimum Gasteiger partial charge on any atom is -0.279 e. The average molecular weight is 346 g/mol. The Balaban J connectivity index is 1.74. The number of benzene rings is 2. The van der Waals surface area contributed by atoms with Gasteiger partial charge in [-0.05, 0) is 36.5 Å². The summed E-state index contributed by atoms with van der Waals surface area (Å²) in [6, 6.07) is 18.9. The maximum Gasteiger partial charge on any atom is 0.242 e. The lowest BCUT2D eigenvalue weighted by Crippen LogP contribution is -2.39. The number of rotatable bonds is 1. The van der Waals surface area contributed by atoms with Crippen LogP contribution < -0.4 is 0 Å². The zero-order valence-corrected chi connectivity index (χ0v) is 14.8. The number of amides is 1. The van der Waals surface area contributed by atoms with Crippen LogP contribution in [0.1, 0.15) is 36.1 Å². The fraction of sp³-hybridized carbons (Fsp3) is 0.238. The van der Waals surface area contributed by atoms with Crippen molar-refractivity contribution < 1.29 is 4.79 Å². The van der Waals surface area contributed by atoms with Crippen LogP contribution in [0.2, 0.25) is 0 Å². The van der Waals surface area contributed by atoms with Gasteiger partial charge in [-0.3, -0.25) is 9.69 Å². The first-order valence-electron chi connectivity index (χ1n) is 8.69. The highest BCUT2D eigenvalue weighted by molar-refractivity contribution is 8.15. The van der Waals surface area contributed by atoms with Crippen LogP contribution in [-0.2, 0) is 11.2 Å². The Hall–Kier alpha value is -2.33. The molecule has 2 aliphatic heterocycles. The molecule has 0 saturated carbocycles. The summed E-state index contributed by atoms with van der Waals surface area (Å²) >= 11 is 1.58. The lowest BCUT2D eigenvalue weighted by atomic mass is 9.82. The molecule has 1 aliphatic carbocycles. The van der Waals surface area contributed by atoms with E-state index in [0.29, 0.717) is 0 Å². The summed E-state index contributed by atoms with van der Waals surface area (Å²) in [5.41, 5.74) is 6.11. The number of hydrogen-bond donors (Lipinski definition) is 0. The number of aliphatic imine (C=N–C) groups is 1. The van der Waals surface area contributed by atoms with Crippen LogP contribution in [0.5, 0.6) is 0 Å². The van der Waals surface area contributed by atoms with Gasteiger partial charge in [0.25, 0.3) is 0 Å². The molecule has 2 unspecified atom stereocenters. The molecule has 4 heteroatoms. The van der Waals surface area contributed by atoms with Gasteiger partial charge >= 0.3 is 0 Å². The highest BCUT2D eigenvalue weighted by atomic mass is 32.2. The highest BCUT2D eigenvalue weighted by Crippen LogP contribution is 2.48. The molecule has 124 valence electrons. The third kappa shape index (κ3) is 2.20. The first kappa shape index (κ1) is 15.0. The number of amidine groups is 1. The molecule has 1 fully saturated rings. The number of nitrogens with zero attached hydrogens (tertiary/aromatic N) is 2. The number of fused-ring (bicyclic) bond motifs is 3. The molecule has 2 heterocycles. The molecular formula is C21H18N2OS. The van der Waals surface area contributed by atoms with Gasteiger partial charge in [-0.15, -0.1) is 0 Å². The van der Waals surface area contributed by atoms with E-state index in [0.717, 1.165) is 23.7 Å². The van der Waals surface area contributed by atoms with Gasteiger partial charge in [0.15, 0.2) is 5.17 Å². The lowest BCUT2D eigenvalue weighted by Gasteiger charge is -2.37. The van der Waals surface area contributed by atoms with Gasteiger partial charge in [0.05, 0.1) is 17.0 Å². The van der Waals surface area contributed by atoms with Crippen molar-refractivity contribution >= 4 is 28.5 Å². The molecule has 5 rings (SSSR count). The molecule has 3 nitrogen and oxygen atoms in total. The normalized spacial score (nSPS) is 24.6. The van der Waals surface area contributed by atoms with Crippen molar-refractivity contribution in [2.45, 2.75) is 31.1 Å². The molecule has 0 aromatic heterocycles. The topological polar surface area (TPSA) is 32.7 Å². The largest absolute Gasteiger partial charge is 0.279 e. The molecule has 0 N–H and O–H groups in total. The zero-order chi connectivity index (χ0) is 17.0. The summed E-state index contributed by atoms with van der Waals surface area (Å²) in [6.07, 6.45) is 1.96. The van der Waals surface area contributed by atoms with Gasteiger partial charge in [-0.1, -0.05) is 66.4 Å². The molecule has 3 aliphatic rings. The molecular weight excluding hydrogens is 328 g/mol. The smallest absolute Gasteiger partial charge is 0.242 e. The van der Waals surface area contributed by atoms with E-state index in [1.165, 1.54) is 22.3 Å². The Morgan fingerprint density at radius 1 is 1.04 bits per heavy atom. The SMILES string of the molecule is CC1SC2=NC3=C(CCc4ccccc43)C(c3ccccc3)N2C1=O. The van der Waals surface area contributed by atoms with Crippen LogP contribution in [0.15, 0.2) is 65.2 Å². The lowest BCUT2D eigenvalue weighted by molar-refractivity contribution is -0.127. The van der Waals surface area contributed by atoms with Crippen LogP contribution >= 0.6 is 11.8 Å². The molecule has 0 bridgehead atoms. The fourth-order valence-electron chi connectivity index (χ4n) is 4.04. The summed E-state index contributed by atoms with van der Waals surface area (Å²) < 4.78 is 0. The maximum absolute atomic E-state index is 12.8. The van der Waals surface area contributed by atoms with E-state index < -0.39 is 0 Å². The van der Waals surface area contributed by atoms with Crippen LogP contribution in [-0.4, -0.2) is 21.2 Å². The molecule has 2 aromatic rings. The average Bonchev–Trinajstić information content (AvgIpc) is 2.94. The van der Waals surface area contributed by atoms with Crippen molar-refractivity contribution in [3.63, 3.8) is 0 Å². The van der Waals surface area contributed by atoms with Crippen molar-refractivity contribution in [2.24, 2.45) is 4.99 Å². The Kier molecular flexibility index (Phi) is 3.35. The summed E-state index contributed by atoms with van der Waals surface area (Å²) in [5, 5.41) is 0.781. The molecule has 2 atom stereocenters. The van der Waals surface area contributed by atoms with Crippen LogP contribution in [0.25, 0.3) is 5.70 Å². The van der Waals surface area contributed by atoms with Crippen molar-refractivity contribution in [1.82, 2.24) is 4.90 Å². The van der Waals surface area contributed by atoms with E-state index in [2.05, 4.69) is 48.5 Å². The molecule has 0 radical (unpaired) electrons. The molecule has 1 amide bonds. The molecule has 25 heavy (non-hydrogen) atoms. The van der Waals surface area contributed by atoms with Gasteiger partial charge in [0.2, 0.25) is 5.91 Å². The van der Waals surface area contributed by atoms with Crippen LogP contribution in [0, 0.1) is 0 Å². The minimum atomic E-state index is -0.0680. The second kappa shape index (κ2) is 5.60. The van der Waals surface area contributed by atoms with E-state index >= 15 is 0 Å². The molecule has 1 saturated heterocycles. The van der Waals surface area contributed by atoms with E-state index in [1.807, 2.05) is 17.9 Å². The van der Waals surface area contributed by atoms with Gasteiger partial charge in [0.1, 0.15) is 0 Å². The number of aryl methyl sites for hydroxylation is 1. The monoisotopic (exact) mass is 346 g/mol. The predicted molar refractivity (Wildman–Crippen MR) is 102 cm³/mol. The van der Waals surface area contributed by atoms with E-state index in [1.54, 1.807) is 11.8 Å². The maximum atomic E-state index is 12.8. The zero-order valence-electron chi connectivity index (χ0n) is 14.0. The van der Waals surface area contributed by atoms with Crippen molar-refractivity contribution in [2.75, 3.05) is 0 Å². The van der Waals surface area contributed by atoms with Gasteiger partial charge in [-0.25, -0.2) is 4.99 Å². The Labute approximate surface area is 151 Å². The van der Waals surface area contributed by atoms with Gasteiger partial charge in [-0.2, -0.15) is 0 Å². The van der Waals surface area contributed by atoms with Crippen molar-refractivity contribution in [3.05, 3.63) is 76.9 Å². The number of hydrogen-bond acceptors (Lipinski definition) is 3. The quantitative estimate of drug-likeness (QED) is 0.766. The van der Waals surface area contributed by atoms with E-state index in [4.69, 9.17) is 4.99 Å². The Morgan fingerprint density at radius 2 is 1.80 bits per heavy atom. The number of thioether (sulfide) groups is 1. The minimum absolute atomic E-state index is 0.0259. The van der Waals surface area contributed by atoms with Crippen LogP contribution in [0.4, 0.5) is 0 Å². The predicted octanol–water partition coefficient (Wildman–Crippen LogP) is 4.42. The van der Waals surface area contributed by atoms with Crippen molar-refractivity contribution in [3.8, 4) is 0 Å². The Morgan fingerprint density at radius 3 is 2.64 bits per heavy atom. The Bertz CT molecular complexity index is 932. The summed E-state index contributed by atoms with van der Waals surface area (Å²) in [6.45, 7) is 1.98. The second-order valence-electron chi connectivity index (χ2n) is 6.71. The van der Waals surface area contributed by atoms with Gasteiger partial charge < -0.3 is 0 Å². The standard InChI is InChI=1S/C21H18N2OS/c1-13-20(24)23-19(15-8-3-2-4-9-15)17-12-11-14-7-5-6-10-16(14)18(17)22-21(23)25-13/h2-10,13,19H,11-12H2,1H3. The van der Waals surface area contributed by atoms with Gasteiger partial charge in [0, 0.05) is 5.56 Å². The molecule has 0 spiro atoms. The number of carbonyl (C=O) groups is 1. The first-order chi connectivity index (χ1) is 12.2. The second-order valence-corrected chi connectivity index (χ2v) is 8.01. The van der Waals surface area contributed by atoms with Crippen LogP contribution in [0.3, 0.4) is 0 Å². The third-order valence-electron chi connectivity index (χ3n) is 5.22. The summed E-state index contributed by atoms with van der Waals surface area (Å²) in [7, 11) is 0. The highest BCUT2D eigenvalue weighted by Gasteiger charge is 2.45.